The largest absolute Gasteiger partial charge is 0.372 e. The van der Waals surface area contributed by atoms with Crippen LogP contribution in [0.1, 0.15) is 12.0 Å². The third kappa shape index (κ3) is 3.54. The summed E-state index contributed by atoms with van der Waals surface area (Å²) in [5.41, 5.74) is -1.61. The molecule has 2 N–H and O–H groups in total. The molecule has 2 amide bonds. The van der Waals surface area contributed by atoms with Gasteiger partial charge in [-0.3, -0.25) is 9.59 Å². The monoisotopic (exact) mass is 380 g/mol. The van der Waals surface area contributed by atoms with Gasteiger partial charge in [-0.05, 0) is 42.0 Å². The topological polar surface area (TPSA) is 69.6 Å². The maximum absolute atomic E-state index is 13.4. The molecule has 0 saturated carbocycles. The number of carbonyl (C=O) groups excluding carboxylic acids is 2. The number of hydrogen-bond acceptors (Lipinski definition) is 3. The molecule has 8 heteroatoms. The van der Waals surface area contributed by atoms with Crippen LogP contribution in [0.3, 0.4) is 0 Å². The molecule has 0 spiro atoms. The van der Waals surface area contributed by atoms with Crippen LogP contribution >= 0.6 is 11.6 Å². The first-order chi connectivity index (χ1) is 12.3. The van der Waals surface area contributed by atoms with E-state index < -0.39 is 29.0 Å². The third-order valence-corrected chi connectivity index (χ3v) is 4.39. The van der Waals surface area contributed by atoms with E-state index in [1.54, 1.807) is 0 Å². The molecule has 2 aromatic rings. The van der Waals surface area contributed by atoms with Crippen LogP contribution in [0.4, 0.5) is 14.5 Å². The Balaban J connectivity index is 1.71. The zero-order valence-electron chi connectivity index (χ0n) is 13.5. The predicted octanol–water partition coefficient (Wildman–Crippen LogP) is 2.40. The van der Waals surface area contributed by atoms with Gasteiger partial charge in [0.2, 0.25) is 5.60 Å². The average molecular weight is 381 g/mol. The Labute approximate surface area is 153 Å². The lowest BCUT2D eigenvalue weighted by molar-refractivity contribution is -0.149. The summed E-state index contributed by atoms with van der Waals surface area (Å²) in [5.74, 6) is -2.83. The molecule has 3 rings (SSSR count). The number of amides is 2. The van der Waals surface area contributed by atoms with Gasteiger partial charge in [-0.25, -0.2) is 8.78 Å². The van der Waals surface area contributed by atoms with E-state index in [1.165, 1.54) is 30.3 Å². The maximum Gasteiger partial charge on any atom is 0.268 e. The van der Waals surface area contributed by atoms with Crippen LogP contribution in [-0.2, 0) is 16.1 Å². The summed E-state index contributed by atoms with van der Waals surface area (Å²) in [4.78, 5) is 26.0. The molecule has 1 aliphatic rings. The van der Waals surface area contributed by atoms with Gasteiger partial charge in [0.1, 0.15) is 11.6 Å². The van der Waals surface area contributed by atoms with E-state index in [0.29, 0.717) is 5.56 Å². The van der Waals surface area contributed by atoms with Gasteiger partial charge in [-0.2, -0.15) is 0 Å². The van der Waals surface area contributed by atoms with Gasteiger partial charge in [0, 0.05) is 30.2 Å². The molecule has 26 heavy (non-hydrogen) atoms. The van der Waals surface area contributed by atoms with Gasteiger partial charge in [0.15, 0.2) is 0 Å². The van der Waals surface area contributed by atoms with Crippen molar-refractivity contribution >= 4 is 29.1 Å². The SMILES string of the molecule is O=C(NCc1cc(F)cc(Cl)c1)[C@@]1(O)CCN(c2cccc(F)c2)C1=O. The van der Waals surface area contributed by atoms with Gasteiger partial charge >= 0.3 is 0 Å². The first-order valence-corrected chi connectivity index (χ1v) is 8.20. The minimum Gasteiger partial charge on any atom is -0.372 e. The van der Waals surface area contributed by atoms with Crippen molar-refractivity contribution in [2.24, 2.45) is 0 Å². The molecule has 0 aromatic heterocycles. The summed E-state index contributed by atoms with van der Waals surface area (Å²) in [5, 5.41) is 13.1. The van der Waals surface area contributed by atoms with Crippen molar-refractivity contribution in [1.82, 2.24) is 5.32 Å². The van der Waals surface area contributed by atoms with Crippen molar-refractivity contribution in [2.45, 2.75) is 18.6 Å². The Morgan fingerprint density at radius 1 is 1.23 bits per heavy atom. The van der Waals surface area contributed by atoms with Crippen molar-refractivity contribution in [2.75, 3.05) is 11.4 Å². The van der Waals surface area contributed by atoms with E-state index in [0.717, 1.165) is 17.0 Å². The summed E-state index contributed by atoms with van der Waals surface area (Å²) in [6, 6.07) is 9.10. The summed E-state index contributed by atoms with van der Waals surface area (Å²) in [7, 11) is 0. The zero-order valence-corrected chi connectivity index (χ0v) is 14.3. The summed E-state index contributed by atoms with van der Waals surface area (Å²) in [6.07, 6.45) is -0.141. The lowest BCUT2D eigenvalue weighted by Gasteiger charge is -2.22. The maximum atomic E-state index is 13.4. The Morgan fingerprint density at radius 3 is 2.69 bits per heavy atom. The number of nitrogens with zero attached hydrogens (tertiary/aromatic N) is 1. The fourth-order valence-electron chi connectivity index (χ4n) is 2.85. The Morgan fingerprint density at radius 2 is 2.00 bits per heavy atom. The van der Waals surface area contributed by atoms with E-state index >= 15 is 0 Å². The van der Waals surface area contributed by atoms with Crippen molar-refractivity contribution in [1.29, 1.82) is 0 Å². The molecule has 2 aromatic carbocycles. The summed E-state index contributed by atoms with van der Waals surface area (Å²) < 4.78 is 26.7. The second kappa shape index (κ2) is 7.01. The van der Waals surface area contributed by atoms with Crippen molar-refractivity contribution < 1.29 is 23.5 Å². The number of anilines is 1. The second-order valence-electron chi connectivity index (χ2n) is 6.01. The molecule has 0 bridgehead atoms. The van der Waals surface area contributed by atoms with Crippen molar-refractivity contribution in [3.8, 4) is 0 Å². The molecule has 1 heterocycles. The van der Waals surface area contributed by atoms with Crippen LogP contribution in [0.25, 0.3) is 0 Å². The van der Waals surface area contributed by atoms with Gasteiger partial charge < -0.3 is 15.3 Å². The fourth-order valence-corrected chi connectivity index (χ4v) is 3.09. The number of aliphatic hydroxyl groups is 1. The van der Waals surface area contributed by atoms with Gasteiger partial charge in [0.05, 0.1) is 0 Å². The average Bonchev–Trinajstić information content (AvgIpc) is 2.88. The molecular formula is C18H15ClF2N2O3. The van der Waals surface area contributed by atoms with Crippen LogP contribution < -0.4 is 10.2 Å². The highest BCUT2D eigenvalue weighted by atomic mass is 35.5. The number of halogens is 3. The molecule has 1 fully saturated rings. The predicted molar refractivity (Wildman–Crippen MR) is 91.6 cm³/mol. The van der Waals surface area contributed by atoms with Crippen molar-refractivity contribution in [3.63, 3.8) is 0 Å². The van der Waals surface area contributed by atoms with E-state index in [-0.39, 0.29) is 30.2 Å². The minimum absolute atomic E-state index is 0.0675. The van der Waals surface area contributed by atoms with Crippen LogP contribution in [-0.4, -0.2) is 29.1 Å². The number of carbonyl (C=O) groups is 2. The highest BCUT2D eigenvalue weighted by molar-refractivity contribution is 6.30. The van der Waals surface area contributed by atoms with E-state index in [9.17, 15) is 23.5 Å². The van der Waals surface area contributed by atoms with Gasteiger partial charge in [-0.15, -0.1) is 0 Å². The smallest absolute Gasteiger partial charge is 0.268 e. The first kappa shape index (κ1) is 18.3. The van der Waals surface area contributed by atoms with E-state index in [2.05, 4.69) is 5.32 Å². The quantitative estimate of drug-likeness (QED) is 0.800. The van der Waals surface area contributed by atoms with E-state index in [4.69, 9.17) is 11.6 Å². The molecule has 0 unspecified atom stereocenters. The lowest BCUT2D eigenvalue weighted by Crippen LogP contribution is -2.52. The number of rotatable bonds is 4. The first-order valence-electron chi connectivity index (χ1n) is 7.83. The summed E-state index contributed by atoms with van der Waals surface area (Å²) >= 11 is 5.75. The molecule has 5 nitrogen and oxygen atoms in total. The molecule has 1 atom stereocenters. The normalized spacial score (nSPS) is 19.7. The Hall–Kier alpha value is -2.51. The molecule has 0 radical (unpaired) electrons. The minimum atomic E-state index is -2.26. The number of benzene rings is 2. The zero-order chi connectivity index (χ0) is 18.9. The van der Waals surface area contributed by atoms with Gasteiger partial charge in [-0.1, -0.05) is 17.7 Å². The second-order valence-corrected chi connectivity index (χ2v) is 6.44. The standard InChI is InChI=1S/C18H15ClF2N2O3/c19-12-6-11(7-14(21)8-12)10-22-16(24)18(26)4-5-23(17(18)25)15-3-1-2-13(20)9-15/h1-3,6-9,26H,4-5,10H2,(H,22,24)/t18-/m0/s1. The van der Waals surface area contributed by atoms with E-state index in [1.807, 2.05) is 0 Å². The lowest BCUT2D eigenvalue weighted by atomic mass is 10.0. The highest BCUT2D eigenvalue weighted by Gasteiger charge is 2.51. The molecule has 1 aliphatic heterocycles. The van der Waals surface area contributed by atoms with Crippen LogP contribution in [0.5, 0.6) is 0 Å². The Bertz CT molecular complexity index is 857. The molecular weight excluding hydrogens is 366 g/mol. The van der Waals surface area contributed by atoms with Gasteiger partial charge in [0.25, 0.3) is 11.8 Å². The Kier molecular flexibility index (Phi) is 4.93. The third-order valence-electron chi connectivity index (χ3n) is 4.17. The van der Waals surface area contributed by atoms with Crippen molar-refractivity contribution in [3.05, 3.63) is 64.7 Å². The fraction of sp³-hybridized carbons (Fsp3) is 0.222. The number of hydrogen-bond donors (Lipinski definition) is 2. The number of nitrogens with one attached hydrogen (secondary N) is 1. The molecule has 0 aliphatic carbocycles. The molecule has 1 saturated heterocycles. The summed E-state index contributed by atoms with van der Waals surface area (Å²) in [6.45, 7) is -0.0378. The van der Waals surface area contributed by atoms with Crippen LogP contribution in [0.2, 0.25) is 5.02 Å². The molecule has 136 valence electrons. The van der Waals surface area contributed by atoms with Crippen LogP contribution in [0, 0.1) is 11.6 Å². The van der Waals surface area contributed by atoms with Crippen LogP contribution in [0.15, 0.2) is 42.5 Å². The highest BCUT2D eigenvalue weighted by Crippen LogP contribution is 2.29.